The van der Waals surface area contributed by atoms with Gasteiger partial charge in [0.25, 0.3) is 0 Å². The zero-order valence-corrected chi connectivity index (χ0v) is 29.6. The lowest BCUT2D eigenvalue weighted by Gasteiger charge is -2.26. The molecule has 7 N–H and O–H groups in total. The zero-order chi connectivity index (χ0) is 37.9. The number of hydrogen-bond donors (Lipinski definition) is 7. The Balaban J connectivity index is 0.00000313. The van der Waals surface area contributed by atoms with Gasteiger partial charge in [0.15, 0.2) is 0 Å². The van der Waals surface area contributed by atoms with Crippen LogP contribution in [0.3, 0.4) is 0 Å². The molecule has 0 radical (unpaired) electrons. The normalized spacial score (nSPS) is 12.0. The quantitative estimate of drug-likeness (QED) is 0.0985. The van der Waals surface area contributed by atoms with Gasteiger partial charge in [-0.1, -0.05) is 39.8 Å². The van der Waals surface area contributed by atoms with Gasteiger partial charge in [0, 0.05) is 63.4 Å². The number of unbranched alkanes of at least 4 members (excludes halogenated alkanes) is 1. The Morgan fingerprint density at radius 3 is 1.82 bits per heavy atom. The van der Waals surface area contributed by atoms with Gasteiger partial charge in [-0.25, -0.2) is 9.59 Å². The number of nitrogens with one attached hydrogen (secondary N) is 4. The molecule has 0 saturated heterocycles. The average molecular weight is 704 g/mol. The van der Waals surface area contributed by atoms with Crippen molar-refractivity contribution in [2.75, 3.05) is 19.6 Å². The first-order valence-electron chi connectivity index (χ1n) is 16.6. The minimum atomic E-state index is -1.25. The third kappa shape index (κ3) is 22.4. The third-order valence-corrected chi connectivity index (χ3v) is 6.63. The number of carbonyl (C=O) groups is 6. The lowest BCUT2D eigenvalue weighted by atomic mass is 10.1. The summed E-state index contributed by atoms with van der Waals surface area (Å²) in [6.45, 7) is 10.5. The zero-order valence-electron chi connectivity index (χ0n) is 29.6. The van der Waals surface area contributed by atoms with Crippen LogP contribution in [-0.4, -0.2) is 97.7 Å². The van der Waals surface area contributed by atoms with Crippen molar-refractivity contribution in [1.29, 1.82) is 0 Å². The Hall–Kier alpha value is -5.12. The van der Waals surface area contributed by atoms with Crippen molar-refractivity contribution in [2.45, 2.75) is 91.9 Å². The summed E-state index contributed by atoms with van der Waals surface area (Å²) >= 11 is 0. The van der Waals surface area contributed by atoms with E-state index in [1.54, 1.807) is 26.2 Å². The van der Waals surface area contributed by atoms with Crippen molar-refractivity contribution in [3.63, 3.8) is 0 Å². The molecule has 3 unspecified atom stereocenters. The predicted octanol–water partition coefficient (Wildman–Crippen LogP) is 2.64. The van der Waals surface area contributed by atoms with Crippen LogP contribution < -0.4 is 21.3 Å². The predicted molar refractivity (Wildman–Crippen MR) is 186 cm³/mol. The molecule has 2 aromatic heterocycles. The molecule has 0 aromatic carbocycles. The van der Waals surface area contributed by atoms with Crippen LogP contribution in [0.1, 0.15) is 78.1 Å². The van der Waals surface area contributed by atoms with E-state index in [1.165, 1.54) is 0 Å². The minimum absolute atomic E-state index is 0.00706. The van der Waals surface area contributed by atoms with E-state index in [1.807, 2.05) is 62.5 Å². The summed E-state index contributed by atoms with van der Waals surface area (Å²) in [6.07, 6.45) is 4.64. The first kappa shape index (κ1) is 44.9. The summed E-state index contributed by atoms with van der Waals surface area (Å²) in [6, 6.07) is 9.17. The summed E-state index contributed by atoms with van der Waals surface area (Å²) in [7, 11) is 0. The Labute approximate surface area is 293 Å². The SMILES string of the molecule is CC.CC(CN(Cc1ccccn1)Cc1ccccn1)NC(=O)CC(C)C(=O)NCCCCC(NC(=O)NCC(=O)O)C(=O)O.CCC(=O)O. The van der Waals surface area contributed by atoms with Crippen LogP contribution in [0.4, 0.5) is 4.79 Å². The van der Waals surface area contributed by atoms with Crippen LogP contribution >= 0.6 is 0 Å². The molecule has 16 nitrogen and oxygen atoms in total. The van der Waals surface area contributed by atoms with Crippen LogP contribution in [-0.2, 0) is 37.1 Å². The first-order chi connectivity index (χ1) is 23.8. The van der Waals surface area contributed by atoms with E-state index < -0.39 is 42.4 Å². The van der Waals surface area contributed by atoms with Gasteiger partial charge in [0.1, 0.15) is 12.6 Å². The summed E-state index contributed by atoms with van der Waals surface area (Å²) in [4.78, 5) is 79.0. The number of carboxylic acids is 3. The smallest absolute Gasteiger partial charge is 0.326 e. The average Bonchev–Trinajstić information content (AvgIpc) is 3.08. The number of aliphatic carboxylic acids is 3. The Morgan fingerprint density at radius 2 is 1.36 bits per heavy atom. The fraction of sp³-hybridized carbons (Fsp3) is 0.529. The second-order valence-corrected chi connectivity index (χ2v) is 11.0. The molecule has 16 heteroatoms. The maximum absolute atomic E-state index is 12.7. The Bertz CT molecular complexity index is 1260. The van der Waals surface area contributed by atoms with Gasteiger partial charge < -0.3 is 36.6 Å². The highest BCUT2D eigenvalue weighted by atomic mass is 16.4. The molecule has 0 aliphatic rings. The number of rotatable bonds is 20. The highest BCUT2D eigenvalue weighted by Crippen LogP contribution is 2.09. The molecule has 2 rings (SSSR count). The molecule has 2 aromatic rings. The molecule has 278 valence electrons. The maximum atomic E-state index is 12.7. The van der Waals surface area contributed by atoms with Gasteiger partial charge in [0.2, 0.25) is 11.8 Å². The lowest BCUT2D eigenvalue weighted by molar-refractivity contribution is -0.139. The van der Waals surface area contributed by atoms with Gasteiger partial charge in [-0.05, 0) is 50.5 Å². The van der Waals surface area contributed by atoms with Crippen molar-refractivity contribution in [3.8, 4) is 0 Å². The maximum Gasteiger partial charge on any atom is 0.326 e. The van der Waals surface area contributed by atoms with Crippen molar-refractivity contribution >= 4 is 35.8 Å². The lowest BCUT2D eigenvalue weighted by Crippen LogP contribution is -2.47. The summed E-state index contributed by atoms with van der Waals surface area (Å²) in [5.74, 6) is -4.36. The molecular weight excluding hydrogens is 650 g/mol. The van der Waals surface area contributed by atoms with Crippen LogP contribution in [0, 0.1) is 5.92 Å². The van der Waals surface area contributed by atoms with Crippen LogP contribution in [0.25, 0.3) is 0 Å². The summed E-state index contributed by atoms with van der Waals surface area (Å²) < 4.78 is 0. The highest BCUT2D eigenvalue weighted by Gasteiger charge is 2.21. The number of amides is 4. The van der Waals surface area contributed by atoms with Crippen molar-refractivity contribution < 1.29 is 44.1 Å². The second kappa shape index (κ2) is 26.8. The van der Waals surface area contributed by atoms with E-state index in [0.717, 1.165) is 11.4 Å². The fourth-order valence-electron chi connectivity index (χ4n) is 4.25. The fourth-order valence-corrected chi connectivity index (χ4v) is 4.25. The van der Waals surface area contributed by atoms with E-state index in [-0.39, 0.29) is 43.7 Å². The van der Waals surface area contributed by atoms with Crippen molar-refractivity contribution in [3.05, 3.63) is 60.2 Å². The number of urea groups is 1. The number of hydrogen-bond acceptors (Lipinski definition) is 9. The van der Waals surface area contributed by atoms with E-state index in [0.29, 0.717) is 32.5 Å². The summed E-state index contributed by atoms with van der Waals surface area (Å²) in [5.41, 5.74) is 1.80. The number of aromatic nitrogens is 2. The number of carbonyl (C=O) groups excluding carboxylic acids is 3. The molecule has 0 spiro atoms. The van der Waals surface area contributed by atoms with Crippen LogP contribution in [0.15, 0.2) is 48.8 Å². The number of pyridine rings is 2. The van der Waals surface area contributed by atoms with Crippen LogP contribution in [0.5, 0.6) is 0 Å². The number of carboxylic acid groups (broad SMARTS) is 3. The topological polar surface area (TPSA) is 240 Å². The molecule has 50 heavy (non-hydrogen) atoms. The Kier molecular flexibility index (Phi) is 24.0. The standard InChI is InChI=1S/C29H41N7O7.C3H6O2.C2H6/c1-20(27(40)32-14-8-5-11-24(28(41)42)35-29(43)33-16-26(38)39)15-25(37)34-21(2)17-36(18-22-9-3-6-12-30-22)19-23-10-4-7-13-31-23;1-2-3(4)5;1-2/h3-4,6-7,9-10,12-13,20-21,24H,5,8,11,14-19H2,1-2H3,(H,32,40)(H,34,37)(H,38,39)(H,41,42)(H2,33,35,43);2H2,1H3,(H,4,5);1-2H3. The van der Waals surface area contributed by atoms with Gasteiger partial charge in [0.05, 0.1) is 11.4 Å². The monoisotopic (exact) mass is 703 g/mol. The van der Waals surface area contributed by atoms with Gasteiger partial charge in [-0.15, -0.1) is 0 Å². The molecule has 0 aliphatic heterocycles. The molecule has 0 saturated carbocycles. The van der Waals surface area contributed by atoms with Gasteiger partial charge in [-0.2, -0.15) is 0 Å². The second-order valence-electron chi connectivity index (χ2n) is 11.0. The number of nitrogens with zero attached hydrogens (tertiary/aromatic N) is 3. The molecule has 0 aliphatic carbocycles. The van der Waals surface area contributed by atoms with Gasteiger partial charge >= 0.3 is 23.9 Å². The first-order valence-corrected chi connectivity index (χ1v) is 16.6. The van der Waals surface area contributed by atoms with Crippen molar-refractivity contribution in [1.82, 2.24) is 36.1 Å². The van der Waals surface area contributed by atoms with Crippen LogP contribution in [0.2, 0.25) is 0 Å². The molecule has 4 amide bonds. The van der Waals surface area contributed by atoms with E-state index >= 15 is 0 Å². The summed E-state index contributed by atoms with van der Waals surface area (Å²) in [5, 5.41) is 35.5. The molecule has 3 atom stereocenters. The van der Waals surface area contributed by atoms with E-state index in [2.05, 4.69) is 30.8 Å². The molecule has 2 heterocycles. The van der Waals surface area contributed by atoms with Gasteiger partial charge in [-0.3, -0.25) is 34.0 Å². The van der Waals surface area contributed by atoms with E-state index in [9.17, 15) is 33.9 Å². The Morgan fingerprint density at radius 1 is 0.800 bits per heavy atom. The largest absolute Gasteiger partial charge is 0.481 e. The minimum Gasteiger partial charge on any atom is -0.481 e. The molecule has 0 bridgehead atoms. The molecule has 0 fully saturated rings. The van der Waals surface area contributed by atoms with Crippen molar-refractivity contribution in [2.24, 2.45) is 5.92 Å². The highest BCUT2D eigenvalue weighted by molar-refractivity contribution is 5.86. The van der Waals surface area contributed by atoms with E-state index in [4.69, 9.17) is 10.2 Å². The third-order valence-electron chi connectivity index (χ3n) is 6.63. The molecular formula is C34H53N7O9.